The van der Waals surface area contributed by atoms with Crippen molar-refractivity contribution in [2.75, 3.05) is 25.1 Å². The van der Waals surface area contributed by atoms with E-state index in [-0.39, 0.29) is 6.04 Å². The van der Waals surface area contributed by atoms with Gasteiger partial charge in [-0.2, -0.15) is 11.8 Å². The molecule has 0 amide bonds. The largest absolute Gasteiger partial charge is 0.481 e. The van der Waals surface area contributed by atoms with Crippen LogP contribution in [0.4, 0.5) is 0 Å². The normalized spacial score (nSPS) is 20.3. The molecule has 1 aliphatic heterocycles. The van der Waals surface area contributed by atoms with Gasteiger partial charge in [0.25, 0.3) is 0 Å². The van der Waals surface area contributed by atoms with E-state index < -0.39 is 5.97 Å². The van der Waals surface area contributed by atoms with Gasteiger partial charge in [-0.15, -0.1) is 0 Å². The Morgan fingerprint density at radius 2 is 1.94 bits per heavy atom. The Balaban J connectivity index is 2.46. The average Bonchev–Trinajstić information content (AvgIpc) is 2.52. The summed E-state index contributed by atoms with van der Waals surface area (Å²) < 4.78 is 0. The summed E-state index contributed by atoms with van der Waals surface area (Å²) in [5.41, 5.74) is 0. The lowest BCUT2D eigenvalue weighted by atomic mass is 10.1. The van der Waals surface area contributed by atoms with E-state index in [2.05, 4.69) is 11.2 Å². The second-order valence-electron chi connectivity index (χ2n) is 4.48. The lowest BCUT2D eigenvalue weighted by molar-refractivity contribution is -0.138. The highest BCUT2D eigenvalue weighted by atomic mass is 32.2. The Labute approximate surface area is 103 Å². The van der Waals surface area contributed by atoms with Gasteiger partial charge in [-0.1, -0.05) is 12.8 Å². The number of rotatable bonds is 6. The van der Waals surface area contributed by atoms with Crippen LogP contribution in [0.25, 0.3) is 0 Å². The van der Waals surface area contributed by atoms with Crippen LogP contribution in [0, 0.1) is 0 Å². The summed E-state index contributed by atoms with van der Waals surface area (Å²) in [6.07, 6.45) is 8.47. The lowest BCUT2D eigenvalue weighted by Crippen LogP contribution is -2.38. The summed E-state index contributed by atoms with van der Waals surface area (Å²) in [6.45, 7) is 2.18. The SMILES string of the molecule is CSCCC(CC(=O)O)N1CCCCCC1. The quantitative estimate of drug-likeness (QED) is 0.780. The number of nitrogens with zero attached hydrogens (tertiary/aromatic N) is 1. The third kappa shape index (κ3) is 5.21. The standard InChI is InChI=1S/C12H23NO2S/c1-16-9-6-11(10-12(14)15)13-7-4-2-3-5-8-13/h11H,2-10H2,1H3,(H,14,15). The van der Waals surface area contributed by atoms with E-state index in [0.29, 0.717) is 6.42 Å². The Kier molecular flexibility index (Phi) is 6.88. The van der Waals surface area contributed by atoms with Gasteiger partial charge in [-0.3, -0.25) is 9.69 Å². The maximum Gasteiger partial charge on any atom is 0.304 e. The maximum absolute atomic E-state index is 10.9. The monoisotopic (exact) mass is 245 g/mol. The molecule has 1 aliphatic rings. The van der Waals surface area contributed by atoms with Crippen LogP contribution >= 0.6 is 11.8 Å². The molecule has 0 aliphatic carbocycles. The summed E-state index contributed by atoms with van der Waals surface area (Å²) in [4.78, 5) is 13.3. The van der Waals surface area contributed by atoms with Crippen LogP contribution in [0.5, 0.6) is 0 Å². The third-order valence-electron chi connectivity index (χ3n) is 3.22. The Hall–Kier alpha value is -0.220. The first-order valence-corrected chi connectivity index (χ1v) is 7.58. The fraction of sp³-hybridized carbons (Fsp3) is 0.917. The van der Waals surface area contributed by atoms with E-state index in [0.717, 1.165) is 25.3 Å². The maximum atomic E-state index is 10.9. The zero-order chi connectivity index (χ0) is 11.8. The smallest absolute Gasteiger partial charge is 0.304 e. The molecule has 0 bridgehead atoms. The van der Waals surface area contributed by atoms with Crippen molar-refractivity contribution in [1.82, 2.24) is 4.90 Å². The van der Waals surface area contributed by atoms with Gasteiger partial charge in [-0.25, -0.2) is 0 Å². The fourth-order valence-electron chi connectivity index (χ4n) is 2.33. The molecule has 4 heteroatoms. The molecular weight excluding hydrogens is 222 g/mol. The molecule has 0 aromatic heterocycles. The molecule has 16 heavy (non-hydrogen) atoms. The second kappa shape index (κ2) is 7.96. The van der Waals surface area contributed by atoms with Crippen LogP contribution in [-0.2, 0) is 4.79 Å². The highest BCUT2D eigenvalue weighted by molar-refractivity contribution is 7.98. The van der Waals surface area contributed by atoms with E-state index in [9.17, 15) is 4.79 Å². The molecule has 94 valence electrons. The minimum absolute atomic E-state index is 0.253. The van der Waals surface area contributed by atoms with Gasteiger partial charge in [0.15, 0.2) is 0 Å². The molecule has 1 rings (SSSR count). The molecule has 1 atom stereocenters. The number of carboxylic acids is 1. The molecule has 0 saturated carbocycles. The van der Waals surface area contributed by atoms with Crippen LogP contribution in [0.2, 0.25) is 0 Å². The van der Waals surface area contributed by atoms with Gasteiger partial charge >= 0.3 is 5.97 Å². The third-order valence-corrected chi connectivity index (χ3v) is 3.87. The molecule has 0 spiro atoms. The van der Waals surface area contributed by atoms with Crippen molar-refractivity contribution < 1.29 is 9.90 Å². The van der Waals surface area contributed by atoms with Crippen LogP contribution in [0.3, 0.4) is 0 Å². The highest BCUT2D eigenvalue weighted by Crippen LogP contribution is 2.18. The first-order valence-electron chi connectivity index (χ1n) is 6.19. The predicted octanol–water partition coefficient (Wildman–Crippen LogP) is 2.46. The van der Waals surface area contributed by atoms with Crippen molar-refractivity contribution in [2.24, 2.45) is 0 Å². The molecule has 1 heterocycles. The van der Waals surface area contributed by atoms with Crippen LogP contribution in [0.15, 0.2) is 0 Å². The number of thioether (sulfide) groups is 1. The van der Waals surface area contributed by atoms with Crippen LogP contribution in [-0.4, -0.2) is 47.1 Å². The van der Waals surface area contributed by atoms with Crippen LogP contribution < -0.4 is 0 Å². The van der Waals surface area contributed by atoms with E-state index in [1.54, 1.807) is 11.8 Å². The van der Waals surface area contributed by atoms with E-state index in [4.69, 9.17) is 5.11 Å². The Bertz CT molecular complexity index is 203. The predicted molar refractivity (Wildman–Crippen MR) is 69.1 cm³/mol. The van der Waals surface area contributed by atoms with Gasteiger partial charge in [-0.05, 0) is 44.4 Å². The summed E-state index contributed by atoms with van der Waals surface area (Å²) in [5.74, 6) is 0.407. The molecule has 1 fully saturated rings. The summed E-state index contributed by atoms with van der Waals surface area (Å²) in [6, 6.07) is 0.253. The number of carbonyl (C=O) groups is 1. The van der Waals surface area contributed by atoms with Crippen molar-refractivity contribution in [3.8, 4) is 0 Å². The summed E-state index contributed by atoms with van der Waals surface area (Å²) >= 11 is 1.81. The van der Waals surface area contributed by atoms with E-state index in [1.807, 2.05) is 0 Å². The first-order chi connectivity index (χ1) is 7.74. The Morgan fingerprint density at radius 1 is 1.31 bits per heavy atom. The number of likely N-dealkylation sites (tertiary alicyclic amines) is 1. The molecule has 1 unspecified atom stereocenters. The minimum atomic E-state index is -0.657. The molecule has 1 saturated heterocycles. The van der Waals surface area contributed by atoms with Gasteiger partial charge < -0.3 is 5.11 Å². The van der Waals surface area contributed by atoms with E-state index >= 15 is 0 Å². The van der Waals surface area contributed by atoms with Gasteiger partial charge in [0.1, 0.15) is 0 Å². The summed E-state index contributed by atoms with van der Waals surface area (Å²) in [5, 5.41) is 8.95. The fourth-order valence-corrected chi connectivity index (χ4v) is 2.84. The zero-order valence-electron chi connectivity index (χ0n) is 10.2. The number of hydrogen-bond donors (Lipinski definition) is 1. The molecule has 0 radical (unpaired) electrons. The average molecular weight is 245 g/mol. The zero-order valence-corrected chi connectivity index (χ0v) is 11.0. The van der Waals surface area contributed by atoms with Crippen molar-refractivity contribution in [2.45, 2.75) is 44.6 Å². The van der Waals surface area contributed by atoms with Gasteiger partial charge in [0, 0.05) is 6.04 Å². The molecule has 1 N–H and O–H groups in total. The number of carboxylic acid groups (broad SMARTS) is 1. The number of hydrogen-bond acceptors (Lipinski definition) is 3. The van der Waals surface area contributed by atoms with Gasteiger partial charge in [0.05, 0.1) is 6.42 Å². The van der Waals surface area contributed by atoms with Crippen LogP contribution in [0.1, 0.15) is 38.5 Å². The minimum Gasteiger partial charge on any atom is -0.481 e. The van der Waals surface area contributed by atoms with Gasteiger partial charge in [0.2, 0.25) is 0 Å². The second-order valence-corrected chi connectivity index (χ2v) is 5.47. The van der Waals surface area contributed by atoms with Crippen molar-refractivity contribution in [3.05, 3.63) is 0 Å². The first kappa shape index (κ1) is 13.8. The molecular formula is C12H23NO2S. The van der Waals surface area contributed by atoms with E-state index in [1.165, 1.54) is 25.7 Å². The Morgan fingerprint density at radius 3 is 2.44 bits per heavy atom. The van der Waals surface area contributed by atoms with Crippen molar-refractivity contribution in [1.29, 1.82) is 0 Å². The lowest BCUT2D eigenvalue weighted by Gasteiger charge is -2.29. The van der Waals surface area contributed by atoms with Crippen molar-refractivity contribution in [3.63, 3.8) is 0 Å². The molecule has 3 nitrogen and oxygen atoms in total. The summed E-state index contributed by atoms with van der Waals surface area (Å²) in [7, 11) is 0. The molecule has 0 aromatic rings. The topological polar surface area (TPSA) is 40.5 Å². The number of aliphatic carboxylic acids is 1. The highest BCUT2D eigenvalue weighted by Gasteiger charge is 2.21. The molecule has 0 aromatic carbocycles. The van der Waals surface area contributed by atoms with Crippen molar-refractivity contribution >= 4 is 17.7 Å².